The van der Waals surface area contributed by atoms with Crippen LogP contribution in [0, 0.1) is 5.92 Å². The molecule has 0 aliphatic carbocycles. The van der Waals surface area contributed by atoms with Gasteiger partial charge in [0.05, 0.1) is 6.54 Å². The number of hydrogen-bond acceptors (Lipinski definition) is 3. The summed E-state index contributed by atoms with van der Waals surface area (Å²) in [6.07, 6.45) is 8.22. The molecule has 3 aliphatic heterocycles. The highest BCUT2D eigenvalue weighted by atomic mass is 16.2. The zero-order chi connectivity index (χ0) is 23.3. The molecule has 2 amide bonds. The zero-order valence-corrected chi connectivity index (χ0v) is 19.9. The average Bonchev–Trinajstić information content (AvgIpc) is 3.24. The van der Waals surface area contributed by atoms with Crippen LogP contribution >= 0.6 is 0 Å². The predicted molar refractivity (Wildman–Crippen MR) is 135 cm³/mol. The molecule has 3 heterocycles. The summed E-state index contributed by atoms with van der Waals surface area (Å²) in [4.78, 5) is 32.4. The van der Waals surface area contributed by atoms with Crippen molar-refractivity contribution in [1.29, 1.82) is 0 Å². The predicted octanol–water partition coefficient (Wildman–Crippen LogP) is 4.03. The van der Waals surface area contributed by atoms with Crippen molar-refractivity contribution in [2.45, 2.75) is 37.6 Å². The van der Waals surface area contributed by atoms with Crippen LogP contribution in [0.4, 0.5) is 0 Å². The molecule has 34 heavy (non-hydrogen) atoms. The Kier molecular flexibility index (Phi) is 7.10. The molecule has 5 nitrogen and oxygen atoms in total. The Morgan fingerprint density at radius 1 is 0.941 bits per heavy atom. The zero-order valence-electron chi connectivity index (χ0n) is 19.9. The number of benzene rings is 2. The van der Waals surface area contributed by atoms with Crippen LogP contribution in [0.1, 0.15) is 42.7 Å². The van der Waals surface area contributed by atoms with Gasteiger partial charge in [-0.25, -0.2) is 0 Å². The molecular weight excluding hydrogens is 422 g/mol. The summed E-state index contributed by atoms with van der Waals surface area (Å²) in [7, 11) is 0. The Balaban J connectivity index is 1.14. The highest BCUT2D eigenvalue weighted by Crippen LogP contribution is 2.32. The van der Waals surface area contributed by atoms with Gasteiger partial charge in [0.15, 0.2) is 0 Å². The number of fused-ring (bicyclic) bond motifs is 1. The van der Waals surface area contributed by atoms with Gasteiger partial charge in [-0.1, -0.05) is 72.8 Å². The molecule has 0 N–H and O–H groups in total. The molecule has 0 radical (unpaired) electrons. The lowest BCUT2D eigenvalue weighted by molar-refractivity contribution is -0.143. The van der Waals surface area contributed by atoms with Crippen LogP contribution in [0.5, 0.6) is 0 Å². The third-order valence-electron chi connectivity index (χ3n) is 7.76. The number of nitrogens with zero attached hydrogens (tertiary/aromatic N) is 3. The van der Waals surface area contributed by atoms with Gasteiger partial charge < -0.3 is 9.80 Å². The van der Waals surface area contributed by atoms with Crippen molar-refractivity contribution in [3.8, 4) is 0 Å². The Labute approximate surface area is 203 Å². The van der Waals surface area contributed by atoms with Gasteiger partial charge in [0, 0.05) is 51.1 Å². The first-order chi connectivity index (χ1) is 16.7. The van der Waals surface area contributed by atoms with E-state index in [1.165, 1.54) is 17.5 Å². The Hall–Kier alpha value is -2.92. The highest BCUT2D eigenvalue weighted by Gasteiger charge is 2.39. The fraction of sp³-hybridized carbons (Fsp3) is 0.448. The molecule has 3 fully saturated rings. The molecule has 3 saturated heterocycles. The third kappa shape index (κ3) is 5.25. The first-order valence-corrected chi connectivity index (χ1v) is 12.7. The van der Waals surface area contributed by atoms with Crippen molar-refractivity contribution < 1.29 is 9.59 Å². The normalized spacial score (nSPS) is 25.6. The van der Waals surface area contributed by atoms with Gasteiger partial charge >= 0.3 is 0 Å². The van der Waals surface area contributed by atoms with E-state index in [4.69, 9.17) is 0 Å². The SMILES string of the molecule is O=C1CC(c2ccccc2)CN1CC(=O)N1CCC[C@@H]2CN(CC=Cc3ccccc3)CC[C@H]21. The van der Waals surface area contributed by atoms with Gasteiger partial charge in [0.1, 0.15) is 0 Å². The van der Waals surface area contributed by atoms with Crippen LogP contribution in [0.2, 0.25) is 0 Å². The fourth-order valence-corrected chi connectivity index (χ4v) is 5.98. The van der Waals surface area contributed by atoms with E-state index in [1.54, 1.807) is 4.90 Å². The number of hydrogen-bond donors (Lipinski definition) is 0. The highest BCUT2D eigenvalue weighted by molar-refractivity contribution is 5.87. The number of piperidine rings is 2. The lowest BCUT2D eigenvalue weighted by atomic mass is 9.83. The van der Waals surface area contributed by atoms with Crippen LogP contribution in [0.3, 0.4) is 0 Å². The summed E-state index contributed by atoms with van der Waals surface area (Å²) < 4.78 is 0. The second-order valence-corrected chi connectivity index (χ2v) is 10.0. The van der Waals surface area contributed by atoms with Crippen LogP contribution in [-0.4, -0.2) is 71.8 Å². The molecule has 1 unspecified atom stereocenters. The summed E-state index contributed by atoms with van der Waals surface area (Å²) in [5, 5.41) is 0. The molecule has 0 spiro atoms. The summed E-state index contributed by atoms with van der Waals surface area (Å²) in [6, 6.07) is 20.9. The number of carbonyl (C=O) groups excluding carboxylic acids is 2. The van der Waals surface area contributed by atoms with Gasteiger partial charge in [-0.15, -0.1) is 0 Å². The third-order valence-corrected chi connectivity index (χ3v) is 7.76. The molecule has 2 aromatic rings. The van der Waals surface area contributed by atoms with Crippen LogP contribution < -0.4 is 0 Å². The maximum Gasteiger partial charge on any atom is 0.242 e. The lowest BCUT2D eigenvalue weighted by Crippen LogP contribution is -2.57. The number of likely N-dealkylation sites (tertiary alicyclic amines) is 3. The summed E-state index contributed by atoms with van der Waals surface area (Å²) in [6.45, 7) is 4.73. The van der Waals surface area contributed by atoms with E-state index in [1.807, 2.05) is 24.3 Å². The summed E-state index contributed by atoms with van der Waals surface area (Å²) in [5.74, 6) is 0.968. The minimum atomic E-state index is 0.107. The quantitative estimate of drug-likeness (QED) is 0.658. The van der Waals surface area contributed by atoms with E-state index in [0.29, 0.717) is 24.9 Å². The molecule has 3 atom stereocenters. The summed E-state index contributed by atoms with van der Waals surface area (Å²) >= 11 is 0. The van der Waals surface area contributed by atoms with E-state index in [-0.39, 0.29) is 24.3 Å². The lowest BCUT2D eigenvalue weighted by Gasteiger charge is -2.47. The molecule has 2 aromatic carbocycles. The van der Waals surface area contributed by atoms with Crippen molar-refractivity contribution >= 4 is 17.9 Å². The molecule has 0 bridgehead atoms. The first-order valence-electron chi connectivity index (χ1n) is 12.7. The van der Waals surface area contributed by atoms with E-state index < -0.39 is 0 Å². The maximum atomic E-state index is 13.3. The first kappa shape index (κ1) is 22.9. The number of rotatable bonds is 6. The molecule has 178 valence electrons. The van der Waals surface area contributed by atoms with Crippen molar-refractivity contribution in [3.05, 3.63) is 77.9 Å². The topological polar surface area (TPSA) is 43.9 Å². The minimum Gasteiger partial charge on any atom is -0.338 e. The molecule has 5 rings (SSSR count). The summed E-state index contributed by atoms with van der Waals surface area (Å²) in [5.41, 5.74) is 2.43. The molecule has 3 aliphatic rings. The molecule has 0 aromatic heterocycles. The minimum absolute atomic E-state index is 0.107. The van der Waals surface area contributed by atoms with Crippen LogP contribution in [-0.2, 0) is 9.59 Å². The fourth-order valence-electron chi connectivity index (χ4n) is 5.98. The van der Waals surface area contributed by atoms with Gasteiger partial charge in [-0.05, 0) is 36.3 Å². The van der Waals surface area contributed by atoms with Crippen molar-refractivity contribution in [2.24, 2.45) is 5.92 Å². The Morgan fingerprint density at radius 3 is 2.50 bits per heavy atom. The van der Waals surface area contributed by atoms with Gasteiger partial charge in [0.2, 0.25) is 11.8 Å². The van der Waals surface area contributed by atoms with Crippen LogP contribution in [0.25, 0.3) is 6.08 Å². The molecule has 0 saturated carbocycles. The standard InChI is InChI=1S/C29H35N3O2/c33-28-19-26(24-12-5-2-6-13-24)21-31(28)22-29(34)32-17-8-14-25-20-30(18-15-27(25)32)16-7-11-23-9-3-1-4-10-23/h1-7,9-13,25-27H,8,14-22H2/t25-,26?,27-/m1/s1. The van der Waals surface area contributed by atoms with Crippen LogP contribution in [0.15, 0.2) is 66.7 Å². The Bertz CT molecular complexity index is 1010. The van der Waals surface area contributed by atoms with Gasteiger partial charge in [-0.2, -0.15) is 0 Å². The Morgan fingerprint density at radius 2 is 1.71 bits per heavy atom. The van der Waals surface area contributed by atoms with E-state index in [9.17, 15) is 9.59 Å². The van der Waals surface area contributed by atoms with Crippen molar-refractivity contribution in [1.82, 2.24) is 14.7 Å². The molecule has 5 heteroatoms. The van der Waals surface area contributed by atoms with E-state index in [0.717, 1.165) is 39.0 Å². The van der Waals surface area contributed by atoms with E-state index >= 15 is 0 Å². The smallest absolute Gasteiger partial charge is 0.242 e. The van der Waals surface area contributed by atoms with E-state index in [2.05, 4.69) is 58.4 Å². The monoisotopic (exact) mass is 457 g/mol. The second-order valence-electron chi connectivity index (χ2n) is 10.0. The maximum absolute atomic E-state index is 13.3. The van der Waals surface area contributed by atoms with Crippen molar-refractivity contribution in [2.75, 3.05) is 39.3 Å². The van der Waals surface area contributed by atoms with Crippen molar-refractivity contribution in [3.63, 3.8) is 0 Å². The largest absolute Gasteiger partial charge is 0.338 e. The van der Waals surface area contributed by atoms with Gasteiger partial charge in [-0.3, -0.25) is 14.5 Å². The number of amides is 2. The number of carbonyl (C=O) groups is 2. The van der Waals surface area contributed by atoms with Gasteiger partial charge in [0.25, 0.3) is 0 Å². The second kappa shape index (κ2) is 10.6. The average molecular weight is 458 g/mol. The molecular formula is C29H35N3O2.